The molecule has 6 heteroatoms. The summed E-state index contributed by atoms with van der Waals surface area (Å²) in [4.78, 5) is 6.10. The number of sulfonamides is 1. The number of primary sulfonamides is 1. The predicted molar refractivity (Wildman–Crippen MR) is 64.4 cm³/mol. The van der Waals surface area contributed by atoms with E-state index in [2.05, 4.69) is 4.99 Å². The van der Waals surface area contributed by atoms with Gasteiger partial charge in [-0.2, -0.15) is 0 Å². The Morgan fingerprint density at radius 1 is 1.38 bits per heavy atom. The van der Waals surface area contributed by atoms with Gasteiger partial charge in [-0.25, -0.2) is 18.5 Å². The Kier molecular flexibility index (Phi) is 3.66. The van der Waals surface area contributed by atoms with Gasteiger partial charge in [0.1, 0.15) is 0 Å². The summed E-state index contributed by atoms with van der Waals surface area (Å²) >= 11 is 0. The molecule has 0 amide bonds. The maximum Gasteiger partial charge on any atom is 0.238 e. The number of rotatable bonds is 3. The minimum Gasteiger partial charge on any atom is -0.369 e. The monoisotopic (exact) mass is 241 g/mol. The van der Waals surface area contributed by atoms with Crippen molar-refractivity contribution in [1.29, 1.82) is 0 Å². The molecular weight excluding hydrogens is 226 g/mol. The standard InChI is InChI=1S/C10H15N3O2S/c1-8-6-9(16(11,14)15)4-5-10(8)12-7-13(2)3/h4-7H,1-3H3,(H2,11,14,15). The maximum absolute atomic E-state index is 11.1. The second-order valence-corrected chi connectivity index (χ2v) is 5.26. The molecule has 16 heavy (non-hydrogen) atoms. The second kappa shape index (κ2) is 4.63. The van der Waals surface area contributed by atoms with Crippen LogP contribution in [0.15, 0.2) is 28.1 Å². The molecule has 0 saturated carbocycles. The van der Waals surface area contributed by atoms with Crippen LogP contribution < -0.4 is 5.14 Å². The van der Waals surface area contributed by atoms with E-state index in [9.17, 15) is 8.42 Å². The first-order valence-electron chi connectivity index (χ1n) is 4.65. The molecule has 1 aromatic rings. The molecule has 1 aromatic carbocycles. The minimum atomic E-state index is -3.64. The van der Waals surface area contributed by atoms with E-state index in [-0.39, 0.29) is 4.90 Å². The molecule has 0 aromatic heterocycles. The zero-order valence-electron chi connectivity index (χ0n) is 9.51. The number of aliphatic imine (C=N–C) groups is 1. The van der Waals surface area contributed by atoms with Gasteiger partial charge in [0, 0.05) is 14.1 Å². The fraction of sp³-hybridized carbons (Fsp3) is 0.300. The van der Waals surface area contributed by atoms with Crippen LogP contribution in [0.5, 0.6) is 0 Å². The van der Waals surface area contributed by atoms with Crippen LogP contribution >= 0.6 is 0 Å². The average molecular weight is 241 g/mol. The highest BCUT2D eigenvalue weighted by atomic mass is 32.2. The number of aryl methyl sites for hydroxylation is 1. The zero-order valence-corrected chi connectivity index (χ0v) is 10.3. The van der Waals surface area contributed by atoms with Crippen LogP contribution in [0.3, 0.4) is 0 Å². The van der Waals surface area contributed by atoms with E-state index >= 15 is 0 Å². The molecule has 0 bridgehead atoms. The molecule has 0 unspecified atom stereocenters. The largest absolute Gasteiger partial charge is 0.369 e. The first-order chi connectivity index (χ1) is 7.30. The van der Waals surface area contributed by atoms with Crippen LogP contribution in [0.25, 0.3) is 0 Å². The smallest absolute Gasteiger partial charge is 0.238 e. The fourth-order valence-corrected chi connectivity index (χ4v) is 1.73. The number of benzene rings is 1. The van der Waals surface area contributed by atoms with E-state index in [0.29, 0.717) is 0 Å². The van der Waals surface area contributed by atoms with Crippen molar-refractivity contribution < 1.29 is 8.42 Å². The van der Waals surface area contributed by atoms with Gasteiger partial charge in [-0.05, 0) is 30.7 Å². The summed E-state index contributed by atoms with van der Waals surface area (Å²) < 4.78 is 22.2. The van der Waals surface area contributed by atoms with Crippen molar-refractivity contribution in [2.75, 3.05) is 14.1 Å². The van der Waals surface area contributed by atoms with Crippen LogP contribution in [0.2, 0.25) is 0 Å². The van der Waals surface area contributed by atoms with E-state index in [1.807, 2.05) is 14.1 Å². The number of hydrogen-bond donors (Lipinski definition) is 1. The third-order valence-corrected chi connectivity index (χ3v) is 2.84. The van der Waals surface area contributed by atoms with Gasteiger partial charge in [0.2, 0.25) is 10.0 Å². The quantitative estimate of drug-likeness (QED) is 0.630. The van der Waals surface area contributed by atoms with E-state index in [0.717, 1.165) is 11.3 Å². The number of nitrogens with zero attached hydrogens (tertiary/aromatic N) is 2. The molecule has 88 valence electrons. The van der Waals surface area contributed by atoms with Crippen molar-refractivity contribution in [3.8, 4) is 0 Å². The Morgan fingerprint density at radius 2 is 2.00 bits per heavy atom. The molecule has 0 heterocycles. The Balaban J connectivity index is 3.11. The van der Waals surface area contributed by atoms with Crippen LogP contribution in [0, 0.1) is 6.92 Å². The highest BCUT2D eigenvalue weighted by molar-refractivity contribution is 7.89. The Labute approximate surface area is 95.6 Å². The molecule has 0 radical (unpaired) electrons. The van der Waals surface area contributed by atoms with Gasteiger partial charge in [0.25, 0.3) is 0 Å². The minimum absolute atomic E-state index is 0.105. The predicted octanol–water partition coefficient (Wildman–Crippen LogP) is 0.864. The summed E-state index contributed by atoms with van der Waals surface area (Å²) in [5.74, 6) is 0. The zero-order chi connectivity index (χ0) is 12.3. The summed E-state index contributed by atoms with van der Waals surface area (Å²) in [6, 6.07) is 4.59. The molecule has 0 aliphatic rings. The van der Waals surface area contributed by atoms with Crippen molar-refractivity contribution in [3.63, 3.8) is 0 Å². The van der Waals surface area contributed by atoms with Crippen molar-refractivity contribution in [1.82, 2.24) is 4.90 Å². The second-order valence-electron chi connectivity index (χ2n) is 3.70. The molecule has 2 N–H and O–H groups in total. The van der Waals surface area contributed by atoms with E-state index < -0.39 is 10.0 Å². The van der Waals surface area contributed by atoms with E-state index in [1.54, 1.807) is 24.2 Å². The van der Waals surface area contributed by atoms with Gasteiger partial charge in [0.15, 0.2) is 0 Å². The summed E-state index contributed by atoms with van der Waals surface area (Å²) in [5.41, 5.74) is 1.49. The molecule has 0 spiro atoms. The summed E-state index contributed by atoms with van der Waals surface area (Å²) in [7, 11) is 0.0817. The van der Waals surface area contributed by atoms with Crippen LogP contribution in [-0.2, 0) is 10.0 Å². The van der Waals surface area contributed by atoms with Crippen molar-refractivity contribution in [2.24, 2.45) is 10.1 Å². The SMILES string of the molecule is Cc1cc(S(N)(=O)=O)ccc1N=CN(C)C. The highest BCUT2D eigenvalue weighted by Gasteiger charge is 2.08. The lowest BCUT2D eigenvalue weighted by atomic mass is 10.2. The fourth-order valence-electron chi connectivity index (χ4n) is 1.13. The molecule has 0 aliphatic heterocycles. The normalized spacial score (nSPS) is 12.0. The van der Waals surface area contributed by atoms with Crippen LogP contribution in [0.4, 0.5) is 5.69 Å². The lowest BCUT2D eigenvalue weighted by Gasteiger charge is -2.05. The Bertz CT molecular complexity index is 507. The summed E-state index contributed by atoms with van der Waals surface area (Å²) in [6.45, 7) is 1.79. The summed E-state index contributed by atoms with van der Waals surface area (Å²) in [6.07, 6.45) is 1.65. The van der Waals surface area contributed by atoms with Crippen LogP contribution in [-0.4, -0.2) is 33.8 Å². The lowest BCUT2D eigenvalue weighted by molar-refractivity contribution is 0.597. The van der Waals surface area contributed by atoms with E-state index in [4.69, 9.17) is 5.14 Å². The third-order valence-electron chi connectivity index (χ3n) is 1.92. The van der Waals surface area contributed by atoms with Gasteiger partial charge in [0.05, 0.1) is 16.9 Å². The topological polar surface area (TPSA) is 75.8 Å². The molecule has 0 fully saturated rings. The van der Waals surface area contributed by atoms with Crippen molar-refractivity contribution >= 4 is 22.0 Å². The van der Waals surface area contributed by atoms with E-state index in [1.165, 1.54) is 12.1 Å². The van der Waals surface area contributed by atoms with Gasteiger partial charge in [-0.3, -0.25) is 0 Å². The number of hydrogen-bond acceptors (Lipinski definition) is 3. The Hall–Kier alpha value is -1.40. The number of nitrogens with two attached hydrogens (primary N) is 1. The molecule has 1 rings (SSSR count). The van der Waals surface area contributed by atoms with Crippen molar-refractivity contribution in [3.05, 3.63) is 23.8 Å². The van der Waals surface area contributed by atoms with Gasteiger partial charge in [-0.1, -0.05) is 0 Å². The average Bonchev–Trinajstić information content (AvgIpc) is 2.14. The summed E-state index contributed by atoms with van der Waals surface area (Å²) in [5, 5.41) is 5.02. The van der Waals surface area contributed by atoms with Crippen LogP contribution in [0.1, 0.15) is 5.56 Å². The lowest BCUT2D eigenvalue weighted by Crippen LogP contribution is -2.12. The molecule has 5 nitrogen and oxygen atoms in total. The molecule has 0 aliphatic carbocycles. The highest BCUT2D eigenvalue weighted by Crippen LogP contribution is 2.21. The molecular formula is C10H15N3O2S. The van der Waals surface area contributed by atoms with Gasteiger partial charge in [-0.15, -0.1) is 0 Å². The third kappa shape index (κ3) is 3.32. The molecule has 0 saturated heterocycles. The van der Waals surface area contributed by atoms with Gasteiger partial charge < -0.3 is 4.90 Å². The van der Waals surface area contributed by atoms with Gasteiger partial charge >= 0.3 is 0 Å². The first kappa shape index (κ1) is 12.7. The Morgan fingerprint density at radius 3 is 2.44 bits per heavy atom. The molecule has 0 atom stereocenters. The van der Waals surface area contributed by atoms with Crippen molar-refractivity contribution in [2.45, 2.75) is 11.8 Å². The first-order valence-corrected chi connectivity index (χ1v) is 6.19. The maximum atomic E-state index is 11.1.